The minimum Gasteiger partial charge on any atom is -0.311 e. The Morgan fingerprint density at radius 3 is 2.67 bits per heavy atom. The molecule has 2 rings (SSSR count). The molecule has 1 saturated heterocycles. The number of nitrogens with one attached hydrogen (secondary N) is 1. The summed E-state index contributed by atoms with van der Waals surface area (Å²) >= 11 is 0. The van der Waals surface area contributed by atoms with Crippen molar-refractivity contribution in [1.82, 2.24) is 10.2 Å². The highest BCUT2D eigenvalue weighted by molar-refractivity contribution is 4.90. The minimum atomic E-state index is -0.169. The van der Waals surface area contributed by atoms with Gasteiger partial charge in [0.15, 0.2) is 0 Å². The summed E-state index contributed by atoms with van der Waals surface area (Å²) in [6.07, 6.45) is 8.87. The van der Waals surface area contributed by atoms with Crippen LogP contribution in [0.5, 0.6) is 0 Å². The zero-order valence-electron chi connectivity index (χ0n) is 11.8. The zero-order chi connectivity index (χ0) is 12.8. The Hall–Kier alpha value is -0.150. The summed E-state index contributed by atoms with van der Waals surface area (Å²) < 4.78 is 12.5. The van der Waals surface area contributed by atoms with Gasteiger partial charge in [-0.3, -0.25) is 9.29 Å². The molecule has 0 aromatic rings. The van der Waals surface area contributed by atoms with E-state index in [0.717, 1.165) is 25.6 Å². The fraction of sp³-hybridized carbons (Fsp3) is 1.00. The van der Waals surface area contributed by atoms with E-state index >= 15 is 0 Å². The number of piperazine rings is 1. The smallest absolute Gasteiger partial charge is 0.0906 e. The standard InChI is InChI=1S/C15H29FN2/c1-2-14-12-18(10-6-9-16)15(11-17-14)13-7-4-3-5-8-13/h13-15,17H,2-12H2,1H3. The van der Waals surface area contributed by atoms with Crippen molar-refractivity contribution in [1.29, 1.82) is 0 Å². The largest absolute Gasteiger partial charge is 0.311 e. The Bertz CT molecular complexity index is 229. The summed E-state index contributed by atoms with van der Waals surface area (Å²) in [4.78, 5) is 2.58. The number of hydrogen-bond acceptors (Lipinski definition) is 2. The first kappa shape index (κ1) is 14.3. The van der Waals surface area contributed by atoms with Gasteiger partial charge in [-0.05, 0) is 31.6 Å². The van der Waals surface area contributed by atoms with Gasteiger partial charge in [0.2, 0.25) is 0 Å². The van der Waals surface area contributed by atoms with Gasteiger partial charge in [-0.2, -0.15) is 0 Å². The molecule has 0 bridgehead atoms. The van der Waals surface area contributed by atoms with Crippen LogP contribution >= 0.6 is 0 Å². The highest BCUT2D eigenvalue weighted by Gasteiger charge is 2.32. The van der Waals surface area contributed by atoms with E-state index in [1.807, 2.05) is 0 Å². The maximum Gasteiger partial charge on any atom is 0.0906 e. The lowest BCUT2D eigenvalue weighted by Gasteiger charge is -2.45. The Morgan fingerprint density at radius 2 is 2.00 bits per heavy atom. The quantitative estimate of drug-likeness (QED) is 0.813. The third kappa shape index (κ3) is 3.67. The van der Waals surface area contributed by atoms with Crippen LogP contribution in [0.3, 0.4) is 0 Å². The van der Waals surface area contributed by atoms with Crippen molar-refractivity contribution in [2.24, 2.45) is 5.92 Å². The van der Waals surface area contributed by atoms with Crippen LogP contribution in [-0.2, 0) is 0 Å². The lowest BCUT2D eigenvalue weighted by atomic mass is 9.82. The van der Waals surface area contributed by atoms with Crippen molar-refractivity contribution in [2.45, 2.75) is 64.0 Å². The molecule has 0 spiro atoms. The van der Waals surface area contributed by atoms with Crippen molar-refractivity contribution in [3.8, 4) is 0 Å². The summed E-state index contributed by atoms with van der Waals surface area (Å²) in [5.74, 6) is 0.851. The normalized spacial score (nSPS) is 31.7. The average molecular weight is 256 g/mol. The van der Waals surface area contributed by atoms with Crippen molar-refractivity contribution >= 4 is 0 Å². The number of hydrogen-bond donors (Lipinski definition) is 1. The van der Waals surface area contributed by atoms with Gasteiger partial charge >= 0.3 is 0 Å². The van der Waals surface area contributed by atoms with Crippen LogP contribution in [0, 0.1) is 5.92 Å². The van der Waals surface area contributed by atoms with Crippen molar-refractivity contribution in [3.05, 3.63) is 0 Å². The Balaban J connectivity index is 1.92. The summed E-state index contributed by atoms with van der Waals surface area (Å²) in [5.41, 5.74) is 0. The Kier molecular flexibility index (Phi) is 5.90. The van der Waals surface area contributed by atoms with Gasteiger partial charge in [-0.15, -0.1) is 0 Å². The predicted molar refractivity (Wildman–Crippen MR) is 74.6 cm³/mol. The van der Waals surface area contributed by atoms with E-state index in [-0.39, 0.29) is 6.67 Å². The molecule has 106 valence electrons. The molecule has 0 amide bonds. The summed E-state index contributed by atoms with van der Waals surface area (Å²) in [5, 5.41) is 3.69. The molecule has 2 nitrogen and oxygen atoms in total. The van der Waals surface area contributed by atoms with Gasteiger partial charge in [-0.25, -0.2) is 0 Å². The van der Waals surface area contributed by atoms with Crippen LogP contribution in [-0.4, -0.2) is 43.3 Å². The number of nitrogens with zero attached hydrogens (tertiary/aromatic N) is 1. The Morgan fingerprint density at radius 1 is 1.22 bits per heavy atom. The van der Waals surface area contributed by atoms with E-state index in [1.165, 1.54) is 38.5 Å². The van der Waals surface area contributed by atoms with E-state index in [1.54, 1.807) is 0 Å². The predicted octanol–water partition coefficient (Wildman–Crippen LogP) is 2.98. The lowest BCUT2D eigenvalue weighted by molar-refractivity contribution is 0.0683. The molecule has 18 heavy (non-hydrogen) atoms. The second-order valence-corrected chi connectivity index (χ2v) is 6.02. The first-order valence-corrected chi connectivity index (χ1v) is 7.88. The van der Waals surface area contributed by atoms with E-state index in [9.17, 15) is 4.39 Å². The minimum absolute atomic E-state index is 0.169. The van der Waals surface area contributed by atoms with Gasteiger partial charge in [0.05, 0.1) is 6.67 Å². The number of alkyl halides is 1. The van der Waals surface area contributed by atoms with Crippen LogP contribution in [0.4, 0.5) is 4.39 Å². The van der Waals surface area contributed by atoms with Crippen LogP contribution in [0.15, 0.2) is 0 Å². The average Bonchev–Trinajstić information content (AvgIpc) is 2.45. The van der Waals surface area contributed by atoms with Gasteiger partial charge < -0.3 is 5.32 Å². The second kappa shape index (κ2) is 7.44. The summed E-state index contributed by atoms with van der Waals surface area (Å²) in [6, 6.07) is 1.28. The van der Waals surface area contributed by atoms with Gasteiger partial charge in [0.25, 0.3) is 0 Å². The fourth-order valence-electron chi connectivity index (χ4n) is 3.68. The third-order valence-electron chi connectivity index (χ3n) is 4.81. The molecule has 2 aliphatic rings. The molecule has 1 heterocycles. The fourth-order valence-corrected chi connectivity index (χ4v) is 3.68. The van der Waals surface area contributed by atoms with Crippen molar-refractivity contribution in [3.63, 3.8) is 0 Å². The maximum absolute atomic E-state index is 12.5. The summed E-state index contributed by atoms with van der Waals surface area (Å²) in [7, 11) is 0. The number of rotatable bonds is 5. The van der Waals surface area contributed by atoms with Gasteiger partial charge in [-0.1, -0.05) is 26.2 Å². The third-order valence-corrected chi connectivity index (χ3v) is 4.81. The first-order chi connectivity index (χ1) is 8.85. The van der Waals surface area contributed by atoms with Gasteiger partial charge in [0.1, 0.15) is 0 Å². The molecule has 2 atom stereocenters. The molecule has 1 N–H and O–H groups in total. The highest BCUT2D eigenvalue weighted by atomic mass is 19.1. The summed E-state index contributed by atoms with van der Waals surface area (Å²) in [6.45, 7) is 5.27. The molecule has 1 aliphatic carbocycles. The molecule has 1 saturated carbocycles. The van der Waals surface area contributed by atoms with E-state index in [4.69, 9.17) is 0 Å². The topological polar surface area (TPSA) is 15.3 Å². The molecular weight excluding hydrogens is 227 g/mol. The monoisotopic (exact) mass is 256 g/mol. The van der Waals surface area contributed by atoms with Crippen molar-refractivity contribution in [2.75, 3.05) is 26.3 Å². The highest BCUT2D eigenvalue weighted by Crippen LogP contribution is 2.30. The molecule has 2 fully saturated rings. The van der Waals surface area contributed by atoms with Gasteiger partial charge in [0, 0.05) is 31.7 Å². The van der Waals surface area contributed by atoms with Crippen LogP contribution in [0.25, 0.3) is 0 Å². The maximum atomic E-state index is 12.5. The van der Waals surface area contributed by atoms with Crippen LogP contribution < -0.4 is 5.32 Å². The van der Waals surface area contributed by atoms with E-state index < -0.39 is 0 Å². The molecule has 0 radical (unpaired) electrons. The zero-order valence-corrected chi connectivity index (χ0v) is 11.8. The van der Waals surface area contributed by atoms with E-state index in [0.29, 0.717) is 18.5 Å². The van der Waals surface area contributed by atoms with E-state index in [2.05, 4.69) is 17.1 Å². The molecule has 0 aromatic carbocycles. The lowest BCUT2D eigenvalue weighted by Crippen LogP contribution is -2.59. The molecule has 3 heteroatoms. The molecular formula is C15H29FN2. The first-order valence-electron chi connectivity index (χ1n) is 7.88. The van der Waals surface area contributed by atoms with Crippen LogP contribution in [0.1, 0.15) is 51.9 Å². The molecule has 0 aromatic heterocycles. The molecule has 1 aliphatic heterocycles. The SMILES string of the molecule is CCC1CN(CCCF)C(C2CCCCC2)CN1. The molecule has 2 unspecified atom stereocenters. The Labute approximate surface area is 111 Å². The van der Waals surface area contributed by atoms with Crippen molar-refractivity contribution < 1.29 is 4.39 Å². The number of halogens is 1. The van der Waals surface area contributed by atoms with Crippen LogP contribution in [0.2, 0.25) is 0 Å². The second-order valence-electron chi connectivity index (χ2n) is 6.02.